The number of hydrogen-bond donors (Lipinski definition) is 2. The third-order valence-electron chi connectivity index (χ3n) is 3.91. The number of nitrogens with one attached hydrogen (secondary N) is 2. The Hall–Kier alpha value is -2.99. The number of rotatable bonds is 6. The largest absolute Gasteiger partial charge is 0.416 e. The van der Waals surface area contributed by atoms with Crippen LogP contribution in [0.15, 0.2) is 48.5 Å². The van der Waals surface area contributed by atoms with E-state index in [9.17, 15) is 31.1 Å². The summed E-state index contributed by atoms with van der Waals surface area (Å²) in [6.07, 6.45) is -8.12. The molecule has 160 valence electrons. The van der Waals surface area contributed by atoms with E-state index in [0.717, 1.165) is 5.56 Å². The van der Waals surface area contributed by atoms with Gasteiger partial charge in [-0.05, 0) is 43.2 Å². The number of carbonyl (C=O) groups excluding carboxylic acids is 1. The van der Waals surface area contributed by atoms with Gasteiger partial charge in [0.05, 0.1) is 11.1 Å². The molecule has 2 aromatic rings. The highest BCUT2D eigenvalue weighted by atomic mass is 19.4. The lowest BCUT2D eigenvalue weighted by Crippen LogP contribution is -2.38. The summed E-state index contributed by atoms with van der Waals surface area (Å²) in [5.41, 5.74) is 1.68. The standard InChI is InChI=1S/C21H18F6N2O/c22-20(23,24)17-12-16(13-18(14-17)21(25,26)27)19(30)29-28-11-7-2-1-4-8-15-9-5-3-6-10-15/h3,5-6,9-10,12-14,28H,1-2,7,11H2,(H,29,30). The molecule has 0 spiro atoms. The molecular weight excluding hydrogens is 410 g/mol. The van der Waals surface area contributed by atoms with Crippen LogP contribution in [-0.2, 0) is 12.4 Å². The van der Waals surface area contributed by atoms with E-state index in [-0.39, 0.29) is 12.6 Å². The molecule has 0 radical (unpaired) electrons. The van der Waals surface area contributed by atoms with Gasteiger partial charge in [0.25, 0.3) is 5.91 Å². The maximum atomic E-state index is 12.8. The molecular formula is C21H18F6N2O. The number of hydrogen-bond acceptors (Lipinski definition) is 2. The van der Waals surface area contributed by atoms with Crippen LogP contribution >= 0.6 is 0 Å². The Morgan fingerprint density at radius 1 is 0.867 bits per heavy atom. The van der Waals surface area contributed by atoms with Crippen molar-refractivity contribution in [1.82, 2.24) is 10.9 Å². The summed E-state index contributed by atoms with van der Waals surface area (Å²) >= 11 is 0. The van der Waals surface area contributed by atoms with Crippen molar-refractivity contribution in [1.29, 1.82) is 0 Å². The summed E-state index contributed by atoms with van der Waals surface area (Å²) in [6.45, 7) is 0.282. The van der Waals surface area contributed by atoms with Gasteiger partial charge in [-0.2, -0.15) is 26.3 Å². The number of carbonyl (C=O) groups is 1. The molecule has 3 nitrogen and oxygen atoms in total. The van der Waals surface area contributed by atoms with Crippen molar-refractivity contribution < 1.29 is 31.1 Å². The molecule has 0 bridgehead atoms. The van der Waals surface area contributed by atoms with Crippen molar-refractivity contribution in [3.05, 3.63) is 70.8 Å². The minimum Gasteiger partial charge on any atom is -0.287 e. The Morgan fingerprint density at radius 3 is 2.03 bits per heavy atom. The summed E-state index contributed by atoms with van der Waals surface area (Å²) in [6, 6.07) is 10.1. The molecule has 0 aromatic heterocycles. The SMILES string of the molecule is O=C(NNCCCCC#Cc1ccccc1)c1cc(C(F)(F)F)cc(C(F)(F)F)c1. The number of halogens is 6. The molecule has 0 fully saturated rings. The molecule has 0 unspecified atom stereocenters. The van der Waals surface area contributed by atoms with Crippen molar-refractivity contribution >= 4 is 5.91 Å². The lowest BCUT2D eigenvalue weighted by Gasteiger charge is -2.14. The molecule has 30 heavy (non-hydrogen) atoms. The quantitative estimate of drug-likeness (QED) is 0.288. The predicted molar refractivity (Wildman–Crippen MR) is 99.1 cm³/mol. The summed E-state index contributed by atoms with van der Waals surface area (Å²) < 4.78 is 77.0. The van der Waals surface area contributed by atoms with E-state index in [2.05, 4.69) is 22.7 Å². The van der Waals surface area contributed by atoms with Crippen molar-refractivity contribution in [3.63, 3.8) is 0 Å². The number of hydrazine groups is 1. The number of benzene rings is 2. The highest BCUT2D eigenvalue weighted by Crippen LogP contribution is 2.36. The highest BCUT2D eigenvalue weighted by molar-refractivity contribution is 5.94. The molecule has 2 rings (SSSR count). The minimum absolute atomic E-state index is 0.0271. The summed E-state index contributed by atoms with van der Waals surface area (Å²) in [7, 11) is 0. The molecule has 0 atom stereocenters. The Kier molecular flexibility index (Phi) is 7.89. The van der Waals surface area contributed by atoms with Gasteiger partial charge in [-0.25, -0.2) is 5.43 Å². The molecule has 0 aliphatic rings. The van der Waals surface area contributed by atoms with Crippen LogP contribution in [0.5, 0.6) is 0 Å². The lowest BCUT2D eigenvalue weighted by molar-refractivity contribution is -0.143. The fraction of sp³-hybridized carbons (Fsp3) is 0.286. The fourth-order valence-electron chi connectivity index (χ4n) is 2.41. The van der Waals surface area contributed by atoms with Crippen molar-refractivity contribution in [2.75, 3.05) is 6.54 Å². The van der Waals surface area contributed by atoms with Crippen LogP contribution < -0.4 is 10.9 Å². The predicted octanol–water partition coefficient (Wildman–Crippen LogP) is 5.18. The smallest absolute Gasteiger partial charge is 0.287 e. The van der Waals surface area contributed by atoms with Crippen LogP contribution in [0, 0.1) is 11.8 Å². The van der Waals surface area contributed by atoms with Gasteiger partial charge in [0.2, 0.25) is 0 Å². The summed E-state index contributed by atoms with van der Waals surface area (Å²) in [4.78, 5) is 12.0. The second-order valence-corrected chi connectivity index (χ2v) is 6.30. The molecule has 0 heterocycles. The average Bonchev–Trinajstić information content (AvgIpc) is 2.69. The van der Waals surface area contributed by atoms with Crippen molar-refractivity contribution in [2.45, 2.75) is 31.6 Å². The van der Waals surface area contributed by atoms with E-state index in [1.165, 1.54) is 0 Å². The van der Waals surface area contributed by atoms with E-state index in [1.54, 1.807) is 0 Å². The van der Waals surface area contributed by atoms with Gasteiger partial charge >= 0.3 is 12.4 Å². The first-order chi connectivity index (χ1) is 14.1. The van der Waals surface area contributed by atoms with E-state index in [4.69, 9.17) is 0 Å². The third kappa shape index (κ3) is 7.44. The van der Waals surface area contributed by atoms with Crippen LogP contribution in [0.3, 0.4) is 0 Å². The van der Waals surface area contributed by atoms with Gasteiger partial charge in [-0.3, -0.25) is 10.2 Å². The van der Waals surface area contributed by atoms with Gasteiger partial charge in [-0.15, -0.1) is 0 Å². The second kappa shape index (κ2) is 10.2. The van der Waals surface area contributed by atoms with Gasteiger partial charge in [-0.1, -0.05) is 30.0 Å². The van der Waals surface area contributed by atoms with Crippen LogP contribution in [0.4, 0.5) is 26.3 Å². The monoisotopic (exact) mass is 428 g/mol. The normalized spacial score (nSPS) is 11.5. The zero-order chi connectivity index (χ0) is 22.2. The lowest BCUT2D eigenvalue weighted by atomic mass is 10.0. The summed E-state index contributed by atoms with van der Waals surface area (Å²) in [5, 5.41) is 0. The summed E-state index contributed by atoms with van der Waals surface area (Å²) in [5.74, 6) is 4.89. The van der Waals surface area contributed by atoms with Gasteiger partial charge in [0.15, 0.2) is 0 Å². The first-order valence-corrected chi connectivity index (χ1v) is 8.94. The van der Waals surface area contributed by atoms with Crippen LogP contribution in [0.1, 0.15) is 46.3 Å². The first kappa shape index (κ1) is 23.3. The molecule has 1 amide bonds. The molecule has 0 saturated heterocycles. The van der Waals surface area contributed by atoms with Gasteiger partial charge in [0.1, 0.15) is 0 Å². The van der Waals surface area contributed by atoms with Crippen molar-refractivity contribution in [3.8, 4) is 11.8 Å². The van der Waals surface area contributed by atoms with E-state index >= 15 is 0 Å². The first-order valence-electron chi connectivity index (χ1n) is 8.94. The van der Waals surface area contributed by atoms with Crippen LogP contribution in [-0.4, -0.2) is 12.5 Å². The van der Waals surface area contributed by atoms with E-state index in [1.807, 2.05) is 30.3 Å². The van der Waals surface area contributed by atoms with Crippen LogP contribution in [0.25, 0.3) is 0 Å². The highest BCUT2D eigenvalue weighted by Gasteiger charge is 2.37. The molecule has 0 saturated carbocycles. The Bertz CT molecular complexity index is 879. The number of alkyl halides is 6. The molecule has 2 N–H and O–H groups in total. The van der Waals surface area contributed by atoms with Gasteiger partial charge < -0.3 is 0 Å². The second-order valence-electron chi connectivity index (χ2n) is 6.30. The molecule has 9 heteroatoms. The fourth-order valence-corrected chi connectivity index (χ4v) is 2.41. The molecule has 0 aliphatic carbocycles. The molecule has 2 aromatic carbocycles. The van der Waals surface area contributed by atoms with Gasteiger partial charge in [0, 0.05) is 24.1 Å². The Balaban J connectivity index is 1.84. The molecule has 0 aliphatic heterocycles. The zero-order valence-electron chi connectivity index (χ0n) is 15.6. The van der Waals surface area contributed by atoms with E-state index in [0.29, 0.717) is 31.4 Å². The zero-order valence-corrected chi connectivity index (χ0v) is 15.6. The third-order valence-corrected chi connectivity index (χ3v) is 3.91. The number of amides is 1. The maximum Gasteiger partial charge on any atom is 0.416 e. The average molecular weight is 428 g/mol. The topological polar surface area (TPSA) is 41.1 Å². The minimum atomic E-state index is -5.01. The van der Waals surface area contributed by atoms with E-state index < -0.39 is 35.0 Å². The number of unbranched alkanes of at least 4 members (excludes halogenated alkanes) is 2. The van der Waals surface area contributed by atoms with Crippen LogP contribution in [0.2, 0.25) is 0 Å². The Labute approximate surface area is 169 Å². The van der Waals surface area contributed by atoms with Crippen molar-refractivity contribution in [2.24, 2.45) is 0 Å². The maximum absolute atomic E-state index is 12.8. The Morgan fingerprint density at radius 2 is 1.47 bits per heavy atom.